The Hall–Kier alpha value is -0.910. The van der Waals surface area contributed by atoms with Crippen molar-refractivity contribution in [1.29, 1.82) is 0 Å². The molecule has 20 heavy (non-hydrogen) atoms. The van der Waals surface area contributed by atoms with Crippen LogP contribution in [0.3, 0.4) is 0 Å². The molecule has 1 saturated heterocycles. The molecule has 0 aromatic rings. The van der Waals surface area contributed by atoms with Gasteiger partial charge in [0.15, 0.2) is 0 Å². The van der Waals surface area contributed by atoms with Crippen molar-refractivity contribution in [3.8, 4) is 0 Å². The van der Waals surface area contributed by atoms with Crippen LogP contribution in [-0.4, -0.2) is 52.1 Å². The predicted molar refractivity (Wildman–Crippen MR) is 80.0 cm³/mol. The fraction of sp³-hybridized carbons (Fsp3) is 0.857. The van der Waals surface area contributed by atoms with E-state index in [1.54, 1.807) is 11.8 Å². The number of carboxylic acid groups (broad SMARTS) is 1. The summed E-state index contributed by atoms with van der Waals surface area (Å²) in [5.41, 5.74) is 0. The molecule has 0 aromatic carbocycles. The van der Waals surface area contributed by atoms with Crippen LogP contribution in [0.1, 0.15) is 33.1 Å². The maximum absolute atomic E-state index is 12.1. The minimum Gasteiger partial charge on any atom is -0.481 e. The van der Waals surface area contributed by atoms with Crippen molar-refractivity contribution in [2.45, 2.75) is 44.4 Å². The van der Waals surface area contributed by atoms with E-state index >= 15 is 0 Å². The summed E-state index contributed by atoms with van der Waals surface area (Å²) in [6.07, 6.45) is 3.43. The van der Waals surface area contributed by atoms with Crippen LogP contribution in [0.15, 0.2) is 0 Å². The van der Waals surface area contributed by atoms with Gasteiger partial charge in [0, 0.05) is 30.3 Å². The van der Waals surface area contributed by atoms with Gasteiger partial charge in [-0.1, -0.05) is 20.3 Å². The molecule has 1 heterocycles. The van der Waals surface area contributed by atoms with Gasteiger partial charge in [-0.15, -0.1) is 0 Å². The lowest BCUT2D eigenvalue weighted by Crippen LogP contribution is -2.58. The number of nitrogens with one attached hydrogen (secondary N) is 1. The van der Waals surface area contributed by atoms with E-state index in [0.29, 0.717) is 18.3 Å². The zero-order valence-corrected chi connectivity index (χ0v) is 13.0. The molecule has 5 nitrogen and oxygen atoms in total. The van der Waals surface area contributed by atoms with Crippen molar-refractivity contribution < 1.29 is 14.7 Å². The number of amides is 2. The van der Waals surface area contributed by atoms with Gasteiger partial charge in [0.05, 0.1) is 5.92 Å². The van der Waals surface area contributed by atoms with E-state index in [4.69, 9.17) is 5.11 Å². The molecule has 1 aliphatic carbocycles. The van der Waals surface area contributed by atoms with Crippen LogP contribution in [-0.2, 0) is 4.79 Å². The fourth-order valence-electron chi connectivity index (χ4n) is 2.95. The number of thioether (sulfide) groups is 1. The van der Waals surface area contributed by atoms with Crippen molar-refractivity contribution in [3.05, 3.63) is 0 Å². The van der Waals surface area contributed by atoms with E-state index in [1.165, 1.54) is 12.8 Å². The topological polar surface area (TPSA) is 69.6 Å². The second kappa shape index (κ2) is 6.70. The highest BCUT2D eigenvalue weighted by Gasteiger charge is 2.38. The summed E-state index contributed by atoms with van der Waals surface area (Å²) in [6, 6.07) is 0.260. The van der Waals surface area contributed by atoms with Crippen LogP contribution in [0.2, 0.25) is 0 Å². The van der Waals surface area contributed by atoms with E-state index in [-0.39, 0.29) is 23.9 Å². The summed E-state index contributed by atoms with van der Waals surface area (Å²) in [5, 5.41) is 12.6. The maximum Gasteiger partial charge on any atom is 0.317 e. The highest BCUT2D eigenvalue weighted by molar-refractivity contribution is 7.99. The van der Waals surface area contributed by atoms with Crippen molar-refractivity contribution >= 4 is 23.8 Å². The number of rotatable bonds is 5. The summed E-state index contributed by atoms with van der Waals surface area (Å²) in [6.45, 7) is 5.00. The lowest BCUT2D eigenvalue weighted by molar-refractivity contribution is -0.144. The SMILES string of the molecule is CCSC1CCCC1NC(=O)N1CC(C(C)C(=O)O)C1. The minimum absolute atomic E-state index is 0.0209. The first-order valence-corrected chi connectivity index (χ1v) is 8.47. The number of hydrogen-bond acceptors (Lipinski definition) is 3. The first-order valence-electron chi connectivity index (χ1n) is 7.42. The fourth-order valence-corrected chi connectivity index (χ4v) is 4.15. The second-order valence-corrected chi connectivity index (χ2v) is 7.29. The molecule has 2 aliphatic rings. The molecule has 114 valence electrons. The van der Waals surface area contributed by atoms with Gasteiger partial charge in [-0.3, -0.25) is 4.79 Å². The Morgan fingerprint density at radius 3 is 2.70 bits per heavy atom. The minimum atomic E-state index is -0.773. The normalized spacial score (nSPS) is 28.0. The monoisotopic (exact) mass is 300 g/mol. The molecule has 3 atom stereocenters. The molecule has 1 saturated carbocycles. The highest BCUT2D eigenvalue weighted by atomic mass is 32.2. The molecule has 0 spiro atoms. The number of carbonyl (C=O) groups is 2. The smallest absolute Gasteiger partial charge is 0.317 e. The van der Waals surface area contributed by atoms with Gasteiger partial charge >= 0.3 is 12.0 Å². The van der Waals surface area contributed by atoms with Crippen LogP contribution >= 0.6 is 11.8 Å². The summed E-state index contributed by atoms with van der Waals surface area (Å²) in [5.74, 6) is 0.0423. The zero-order chi connectivity index (χ0) is 14.7. The quantitative estimate of drug-likeness (QED) is 0.815. The average molecular weight is 300 g/mol. The lowest BCUT2D eigenvalue weighted by atomic mass is 9.87. The lowest BCUT2D eigenvalue weighted by Gasteiger charge is -2.41. The van der Waals surface area contributed by atoms with Crippen molar-refractivity contribution in [2.75, 3.05) is 18.8 Å². The Morgan fingerprint density at radius 1 is 1.40 bits per heavy atom. The molecule has 3 unspecified atom stereocenters. The number of likely N-dealkylation sites (tertiary alicyclic amines) is 1. The van der Waals surface area contributed by atoms with Gasteiger partial charge in [-0.05, 0) is 18.6 Å². The average Bonchev–Trinajstić information content (AvgIpc) is 2.75. The van der Waals surface area contributed by atoms with Crippen molar-refractivity contribution in [2.24, 2.45) is 11.8 Å². The van der Waals surface area contributed by atoms with Gasteiger partial charge in [-0.25, -0.2) is 4.79 Å². The third-order valence-electron chi connectivity index (χ3n) is 4.44. The molecule has 0 aromatic heterocycles. The number of aliphatic carboxylic acids is 1. The van der Waals surface area contributed by atoms with Crippen LogP contribution in [0.5, 0.6) is 0 Å². The molecular weight excluding hydrogens is 276 g/mol. The molecule has 2 amide bonds. The Balaban J connectivity index is 1.75. The number of urea groups is 1. The first-order chi connectivity index (χ1) is 9.52. The van der Waals surface area contributed by atoms with E-state index in [9.17, 15) is 9.59 Å². The van der Waals surface area contributed by atoms with E-state index in [0.717, 1.165) is 12.2 Å². The Bertz CT molecular complexity index is 371. The van der Waals surface area contributed by atoms with Gasteiger partial charge in [-0.2, -0.15) is 11.8 Å². The van der Waals surface area contributed by atoms with Crippen molar-refractivity contribution in [1.82, 2.24) is 10.2 Å². The first kappa shape index (κ1) is 15.5. The number of carbonyl (C=O) groups excluding carboxylic acids is 1. The zero-order valence-electron chi connectivity index (χ0n) is 12.2. The Labute approximate surface area is 124 Å². The van der Waals surface area contributed by atoms with Gasteiger partial charge in [0.2, 0.25) is 0 Å². The Morgan fingerprint density at radius 2 is 2.10 bits per heavy atom. The van der Waals surface area contributed by atoms with Crippen LogP contribution in [0.25, 0.3) is 0 Å². The molecular formula is C14H24N2O3S. The molecule has 6 heteroatoms. The second-order valence-electron chi connectivity index (χ2n) is 5.77. The molecule has 0 radical (unpaired) electrons. The maximum atomic E-state index is 12.1. The molecule has 2 N–H and O–H groups in total. The molecule has 2 rings (SSSR count). The summed E-state index contributed by atoms with van der Waals surface area (Å²) in [7, 11) is 0. The van der Waals surface area contributed by atoms with E-state index < -0.39 is 5.97 Å². The third-order valence-corrected chi connectivity index (χ3v) is 5.76. The molecule has 0 bridgehead atoms. The van der Waals surface area contributed by atoms with Gasteiger partial charge < -0.3 is 15.3 Å². The third kappa shape index (κ3) is 3.40. The number of hydrogen-bond donors (Lipinski definition) is 2. The number of carboxylic acids is 1. The molecule has 2 fully saturated rings. The summed E-state index contributed by atoms with van der Waals surface area (Å²) >= 11 is 1.92. The largest absolute Gasteiger partial charge is 0.481 e. The molecule has 1 aliphatic heterocycles. The van der Waals surface area contributed by atoms with Crippen molar-refractivity contribution in [3.63, 3.8) is 0 Å². The summed E-state index contributed by atoms with van der Waals surface area (Å²) in [4.78, 5) is 24.7. The van der Waals surface area contributed by atoms with Crippen LogP contribution in [0.4, 0.5) is 4.79 Å². The Kier molecular flexibility index (Phi) is 5.18. The van der Waals surface area contributed by atoms with E-state index in [2.05, 4.69) is 12.2 Å². The highest BCUT2D eigenvalue weighted by Crippen LogP contribution is 2.30. The van der Waals surface area contributed by atoms with Gasteiger partial charge in [0.1, 0.15) is 0 Å². The van der Waals surface area contributed by atoms with Crippen LogP contribution in [0, 0.1) is 11.8 Å². The standard InChI is InChI=1S/C14H24N2O3S/c1-3-20-12-6-4-5-11(12)15-14(19)16-7-10(8-16)9(2)13(17)18/h9-12H,3-8H2,1-2H3,(H,15,19)(H,17,18). The van der Waals surface area contributed by atoms with E-state index in [1.807, 2.05) is 11.8 Å². The summed E-state index contributed by atoms with van der Waals surface area (Å²) < 4.78 is 0. The van der Waals surface area contributed by atoms with Crippen LogP contribution < -0.4 is 5.32 Å². The predicted octanol–water partition coefficient (Wildman–Crippen LogP) is 2.02. The number of nitrogens with zero attached hydrogens (tertiary/aromatic N) is 1. The van der Waals surface area contributed by atoms with Gasteiger partial charge in [0.25, 0.3) is 0 Å².